The minimum atomic E-state index is -1.04. The molecule has 0 radical (unpaired) electrons. The van der Waals surface area contributed by atoms with Crippen molar-refractivity contribution in [2.75, 3.05) is 33.2 Å². The fourth-order valence-corrected chi connectivity index (χ4v) is 5.11. The third kappa shape index (κ3) is 5.22. The molecule has 1 aromatic rings. The molecule has 31 heavy (non-hydrogen) atoms. The number of allylic oxidation sites excluding steroid dienone is 1. The van der Waals surface area contributed by atoms with Gasteiger partial charge in [0.15, 0.2) is 0 Å². The van der Waals surface area contributed by atoms with E-state index in [4.69, 9.17) is 4.99 Å². The van der Waals surface area contributed by atoms with E-state index in [-0.39, 0.29) is 18.3 Å². The zero-order chi connectivity index (χ0) is 22.0. The first-order valence-electron chi connectivity index (χ1n) is 11.4. The molecule has 0 saturated carbocycles. The van der Waals surface area contributed by atoms with Gasteiger partial charge in [0, 0.05) is 44.4 Å². The van der Waals surface area contributed by atoms with E-state index in [1.807, 2.05) is 0 Å². The van der Waals surface area contributed by atoms with Crippen molar-refractivity contribution < 1.29 is 8.78 Å². The summed E-state index contributed by atoms with van der Waals surface area (Å²) >= 11 is 0. The highest BCUT2D eigenvalue weighted by atomic mass is 19.1. The van der Waals surface area contributed by atoms with Crippen molar-refractivity contribution >= 4 is 11.7 Å². The summed E-state index contributed by atoms with van der Waals surface area (Å²) in [6, 6.07) is 8.43. The second kappa shape index (κ2) is 9.19. The number of rotatable bonds is 3. The van der Waals surface area contributed by atoms with Gasteiger partial charge in [-0.1, -0.05) is 29.8 Å². The van der Waals surface area contributed by atoms with Crippen LogP contribution in [0.2, 0.25) is 0 Å². The lowest BCUT2D eigenvalue weighted by molar-refractivity contribution is -0.0175. The van der Waals surface area contributed by atoms with E-state index in [0.717, 1.165) is 57.1 Å². The predicted molar refractivity (Wildman–Crippen MR) is 123 cm³/mol. The Hall–Kier alpha value is -2.08. The lowest BCUT2D eigenvalue weighted by atomic mass is 9.71. The molecule has 4 rings (SSSR count). The van der Waals surface area contributed by atoms with Gasteiger partial charge in [-0.25, -0.2) is 13.8 Å². The van der Waals surface area contributed by atoms with Crippen LogP contribution >= 0.6 is 0 Å². The Kier molecular flexibility index (Phi) is 6.56. The van der Waals surface area contributed by atoms with Gasteiger partial charge in [0.1, 0.15) is 23.7 Å². The molecular weight excluding hydrogens is 394 g/mol. The van der Waals surface area contributed by atoms with Gasteiger partial charge in [0.25, 0.3) is 0 Å². The number of aryl methyl sites for hydroxylation is 1. The molecule has 0 amide bonds. The number of benzene rings is 1. The van der Waals surface area contributed by atoms with Crippen molar-refractivity contribution in [3.8, 4) is 0 Å². The second-order valence-electron chi connectivity index (χ2n) is 9.57. The normalized spacial score (nSPS) is 27.3. The summed E-state index contributed by atoms with van der Waals surface area (Å²) < 4.78 is 27.4. The molecule has 2 unspecified atom stereocenters. The molecule has 0 N–H and O–H groups in total. The number of hydrogen-bond acceptors (Lipinski definition) is 2. The fourth-order valence-electron chi connectivity index (χ4n) is 5.11. The van der Waals surface area contributed by atoms with E-state index in [2.05, 4.69) is 52.9 Å². The third-order valence-corrected chi connectivity index (χ3v) is 7.16. The summed E-state index contributed by atoms with van der Waals surface area (Å²) in [4.78, 5) is 13.8. The second-order valence-corrected chi connectivity index (χ2v) is 9.57. The molecule has 2 aliphatic heterocycles. The first-order valence-corrected chi connectivity index (χ1v) is 11.4. The highest BCUT2D eigenvalue weighted by molar-refractivity contribution is 5.97. The molecule has 0 bridgehead atoms. The van der Waals surface area contributed by atoms with Gasteiger partial charge in [0.2, 0.25) is 0 Å². The van der Waals surface area contributed by atoms with Crippen molar-refractivity contribution in [2.45, 2.75) is 58.2 Å². The van der Waals surface area contributed by atoms with Crippen molar-refractivity contribution in [3.63, 3.8) is 0 Å². The van der Waals surface area contributed by atoms with E-state index < -0.39 is 6.17 Å². The summed E-state index contributed by atoms with van der Waals surface area (Å²) in [5.41, 5.74) is 2.79. The Morgan fingerprint density at radius 2 is 1.84 bits per heavy atom. The molecule has 2 heterocycles. The zero-order valence-corrected chi connectivity index (χ0v) is 19.0. The number of alkyl halides is 1. The molecule has 1 spiro atoms. The first-order chi connectivity index (χ1) is 14.9. The number of piperidine rings is 1. The van der Waals surface area contributed by atoms with Gasteiger partial charge in [-0.2, -0.15) is 0 Å². The number of hydrogen-bond donors (Lipinski definition) is 0. The van der Waals surface area contributed by atoms with Gasteiger partial charge in [-0.15, -0.1) is 0 Å². The van der Waals surface area contributed by atoms with E-state index in [0.29, 0.717) is 11.8 Å². The summed E-state index contributed by atoms with van der Waals surface area (Å²) in [6.07, 6.45) is 3.88. The quantitative estimate of drug-likeness (QED) is 0.515. The molecule has 1 aliphatic carbocycles. The number of halogens is 2. The van der Waals surface area contributed by atoms with Crippen LogP contribution in [-0.2, 0) is 6.42 Å². The maximum Gasteiger partial charge on any atom is 0.129 e. The predicted octanol–water partition coefficient (Wildman–Crippen LogP) is 4.74. The maximum absolute atomic E-state index is 13.8. The van der Waals surface area contributed by atoms with E-state index in [1.54, 1.807) is 13.1 Å². The molecule has 1 aromatic carbocycles. The van der Waals surface area contributed by atoms with E-state index >= 15 is 0 Å². The van der Waals surface area contributed by atoms with Gasteiger partial charge in [-0.3, -0.25) is 9.89 Å². The van der Waals surface area contributed by atoms with Crippen LogP contribution in [0.3, 0.4) is 0 Å². The lowest BCUT2D eigenvalue weighted by Crippen LogP contribution is -2.62. The van der Waals surface area contributed by atoms with Crippen LogP contribution in [0, 0.1) is 12.3 Å². The molecule has 0 aromatic heterocycles. The van der Waals surface area contributed by atoms with Crippen LogP contribution in [0.5, 0.6) is 0 Å². The van der Waals surface area contributed by atoms with Gasteiger partial charge in [0.05, 0.1) is 0 Å². The van der Waals surface area contributed by atoms with Crippen molar-refractivity contribution in [3.05, 3.63) is 47.3 Å². The van der Waals surface area contributed by atoms with Gasteiger partial charge < -0.3 is 4.90 Å². The summed E-state index contributed by atoms with van der Waals surface area (Å²) in [6.45, 7) is 8.02. The number of nitrogens with zero attached hydrogens (tertiary/aromatic N) is 4. The standard InChI is InChI=1S/C25H34F2N4/c1-18-4-6-20(7-5-18)12-24(28-3)29-19(2)31-16-25(17-31)8-10-30(11-9-25)23-14-21(26)13-22(27)15-23/h4-7,14,22-23H,8-13,15-17H2,1-3H3/b28-24-,29-19+. The Labute approximate surface area is 184 Å². The minimum absolute atomic E-state index is 0.0468. The van der Waals surface area contributed by atoms with E-state index in [9.17, 15) is 8.78 Å². The topological polar surface area (TPSA) is 31.2 Å². The highest BCUT2D eigenvalue weighted by Gasteiger charge is 2.46. The van der Waals surface area contributed by atoms with Crippen LogP contribution in [-0.4, -0.2) is 66.9 Å². The molecule has 168 valence electrons. The molecule has 6 heteroatoms. The van der Waals surface area contributed by atoms with Crippen molar-refractivity contribution in [1.29, 1.82) is 0 Å². The van der Waals surface area contributed by atoms with Crippen LogP contribution in [0.25, 0.3) is 0 Å². The number of likely N-dealkylation sites (tertiary alicyclic amines) is 2. The van der Waals surface area contributed by atoms with Crippen LogP contribution in [0.15, 0.2) is 46.2 Å². The van der Waals surface area contributed by atoms with Crippen molar-refractivity contribution in [1.82, 2.24) is 9.80 Å². The van der Waals surface area contributed by atoms with Gasteiger partial charge in [-0.05, 0) is 57.8 Å². The minimum Gasteiger partial charge on any atom is -0.359 e. The third-order valence-electron chi connectivity index (χ3n) is 7.16. The highest BCUT2D eigenvalue weighted by Crippen LogP contribution is 2.41. The largest absolute Gasteiger partial charge is 0.359 e. The van der Waals surface area contributed by atoms with E-state index in [1.165, 1.54) is 11.1 Å². The van der Waals surface area contributed by atoms with Crippen LogP contribution < -0.4 is 0 Å². The SMILES string of the molecule is C/N=C(Cc1ccc(C)cc1)\N=C(/C)N1CC2(CCN(C3C=C(F)CC(F)C3)CC2)C1. The molecule has 2 fully saturated rings. The Balaban J connectivity index is 1.29. The molecule has 4 nitrogen and oxygen atoms in total. The average Bonchev–Trinajstić information content (AvgIpc) is 2.72. The Morgan fingerprint density at radius 3 is 2.45 bits per heavy atom. The summed E-state index contributed by atoms with van der Waals surface area (Å²) in [7, 11) is 1.80. The molecular formula is C25H34F2N4. The first kappa shape index (κ1) is 22.1. The van der Waals surface area contributed by atoms with Crippen LogP contribution in [0.4, 0.5) is 8.78 Å². The monoisotopic (exact) mass is 428 g/mol. The lowest BCUT2D eigenvalue weighted by Gasteiger charge is -2.55. The van der Waals surface area contributed by atoms with Gasteiger partial charge >= 0.3 is 0 Å². The summed E-state index contributed by atoms with van der Waals surface area (Å²) in [5, 5.41) is 0. The smallest absolute Gasteiger partial charge is 0.129 e. The maximum atomic E-state index is 13.8. The Bertz CT molecular complexity index is 858. The molecule has 3 aliphatic rings. The molecule has 2 atom stereocenters. The van der Waals surface area contributed by atoms with Crippen molar-refractivity contribution in [2.24, 2.45) is 15.4 Å². The summed E-state index contributed by atoms with van der Waals surface area (Å²) in [5.74, 6) is 1.59. The van der Waals surface area contributed by atoms with Crippen LogP contribution in [0.1, 0.15) is 43.7 Å². The average molecular weight is 429 g/mol. The fraction of sp³-hybridized carbons (Fsp3) is 0.600. The zero-order valence-electron chi connectivity index (χ0n) is 19.0. The Morgan fingerprint density at radius 1 is 1.16 bits per heavy atom. The molecule has 2 saturated heterocycles. The number of aliphatic imine (C=N–C) groups is 2. The number of amidine groups is 2.